The molecule has 0 aliphatic rings. The molecule has 2 N–H and O–H groups in total. The lowest BCUT2D eigenvalue weighted by atomic mass is 9.86. The predicted molar refractivity (Wildman–Crippen MR) is 121 cm³/mol. The second-order valence-corrected chi connectivity index (χ2v) is 9.07. The van der Waals surface area contributed by atoms with Gasteiger partial charge in [-0.1, -0.05) is 26.8 Å². The fourth-order valence-electron chi connectivity index (χ4n) is 3.99. The van der Waals surface area contributed by atoms with E-state index in [2.05, 4.69) is 0 Å². The van der Waals surface area contributed by atoms with Crippen molar-refractivity contribution in [2.45, 2.75) is 39.7 Å². The molecule has 1 atom stereocenters. The van der Waals surface area contributed by atoms with Gasteiger partial charge in [0.2, 0.25) is 5.43 Å². The van der Waals surface area contributed by atoms with Gasteiger partial charge in [0.1, 0.15) is 22.9 Å². The SMILES string of the molecule is COc1cc2c(cc1CCc1ccc(F)cc1F)c(=O)c(C(=O)O)cn2C(CO)C(C)(C)C. The summed E-state index contributed by atoms with van der Waals surface area (Å²) in [6, 6.07) is 6.03. The summed E-state index contributed by atoms with van der Waals surface area (Å²) in [6.07, 6.45) is 1.76. The summed E-state index contributed by atoms with van der Waals surface area (Å²) in [5.74, 6) is -2.27. The number of fused-ring (bicyclic) bond motifs is 1. The topological polar surface area (TPSA) is 88.8 Å². The number of aromatic carboxylic acids is 1. The number of hydrogen-bond acceptors (Lipinski definition) is 4. The summed E-state index contributed by atoms with van der Waals surface area (Å²) >= 11 is 0. The fraction of sp³-hybridized carbons (Fsp3) is 0.360. The minimum Gasteiger partial charge on any atom is -0.496 e. The molecule has 3 rings (SSSR count). The van der Waals surface area contributed by atoms with Crippen LogP contribution in [0.15, 0.2) is 41.3 Å². The molecule has 6 nitrogen and oxygen atoms in total. The third kappa shape index (κ3) is 4.90. The highest BCUT2D eigenvalue weighted by Crippen LogP contribution is 2.34. The van der Waals surface area contributed by atoms with Crippen molar-refractivity contribution in [2.24, 2.45) is 5.41 Å². The largest absolute Gasteiger partial charge is 0.496 e. The summed E-state index contributed by atoms with van der Waals surface area (Å²) in [5, 5.41) is 19.8. The van der Waals surface area contributed by atoms with Crippen molar-refractivity contribution in [3.63, 3.8) is 0 Å². The average Bonchev–Trinajstić information content (AvgIpc) is 2.73. The zero-order valence-electron chi connectivity index (χ0n) is 19.0. The third-order valence-corrected chi connectivity index (χ3v) is 5.85. The Hall–Kier alpha value is -3.26. The number of halogens is 2. The monoisotopic (exact) mass is 459 g/mol. The molecule has 0 fully saturated rings. The summed E-state index contributed by atoms with van der Waals surface area (Å²) in [5.41, 5.74) is -0.201. The second-order valence-electron chi connectivity index (χ2n) is 9.07. The van der Waals surface area contributed by atoms with Gasteiger partial charge in [0.05, 0.1) is 25.3 Å². The minimum atomic E-state index is -1.37. The Bertz CT molecular complexity index is 1260. The Morgan fingerprint density at radius 1 is 1.12 bits per heavy atom. The van der Waals surface area contributed by atoms with Gasteiger partial charge in [-0.05, 0) is 41.5 Å². The smallest absolute Gasteiger partial charge is 0.341 e. The summed E-state index contributed by atoms with van der Waals surface area (Å²) in [6.45, 7) is 5.44. The number of carboxylic acids is 1. The summed E-state index contributed by atoms with van der Waals surface area (Å²) in [4.78, 5) is 24.8. The number of carbonyl (C=O) groups is 1. The molecule has 1 aromatic heterocycles. The van der Waals surface area contributed by atoms with Crippen molar-refractivity contribution in [3.8, 4) is 5.75 Å². The van der Waals surface area contributed by atoms with Crippen molar-refractivity contribution in [3.05, 3.63) is 75.1 Å². The van der Waals surface area contributed by atoms with E-state index in [4.69, 9.17) is 4.74 Å². The van der Waals surface area contributed by atoms with E-state index in [0.717, 1.165) is 6.07 Å². The van der Waals surface area contributed by atoms with Crippen LogP contribution >= 0.6 is 0 Å². The van der Waals surface area contributed by atoms with Gasteiger partial charge in [-0.15, -0.1) is 0 Å². The number of aromatic nitrogens is 1. The van der Waals surface area contributed by atoms with Crippen LogP contribution in [0.2, 0.25) is 0 Å². The second kappa shape index (κ2) is 9.31. The molecule has 0 spiro atoms. The van der Waals surface area contributed by atoms with Crippen LogP contribution in [0, 0.1) is 17.0 Å². The predicted octanol–water partition coefficient (Wildman–Crippen LogP) is 4.35. The van der Waals surface area contributed by atoms with Crippen molar-refractivity contribution < 1.29 is 28.5 Å². The number of nitrogens with zero attached hydrogens (tertiary/aromatic N) is 1. The number of hydrogen-bond donors (Lipinski definition) is 2. The number of aliphatic hydroxyl groups excluding tert-OH is 1. The Labute approximate surface area is 190 Å². The lowest BCUT2D eigenvalue weighted by Crippen LogP contribution is -2.30. The van der Waals surface area contributed by atoms with Crippen molar-refractivity contribution in [1.29, 1.82) is 0 Å². The number of ether oxygens (including phenoxy) is 1. The highest BCUT2D eigenvalue weighted by molar-refractivity contribution is 5.93. The summed E-state index contributed by atoms with van der Waals surface area (Å²) in [7, 11) is 1.46. The number of aliphatic hydroxyl groups is 1. The van der Waals surface area contributed by atoms with E-state index < -0.39 is 40.1 Å². The van der Waals surface area contributed by atoms with Gasteiger partial charge in [0.25, 0.3) is 0 Å². The Morgan fingerprint density at radius 3 is 2.33 bits per heavy atom. The third-order valence-electron chi connectivity index (χ3n) is 5.85. The van der Waals surface area contributed by atoms with Crippen LogP contribution in [0.4, 0.5) is 8.78 Å². The average molecular weight is 459 g/mol. The van der Waals surface area contributed by atoms with E-state index in [-0.39, 0.29) is 24.8 Å². The van der Waals surface area contributed by atoms with E-state index in [1.54, 1.807) is 16.7 Å². The Balaban J connectivity index is 2.20. The van der Waals surface area contributed by atoms with Gasteiger partial charge in [-0.2, -0.15) is 0 Å². The van der Waals surface area contributed by atoms with Gasteiger partial charge in [0, 0.05) is 23.7 Å². The van der Waals surface area contributed by atoms with E-state index in [1.165, 1.54) is 25.4 Å². The maximum absolute atomic E-state index is 14.1. The van der Waals surface area contributed by atoms with Crippen LogP contribution in [0.3, 0.4) is 0 Å². The molecule has 2 aromatic carbocycles. The molecule has 0 radical (unpaired) electrons. The lowest BCUT2D eigenvalue weighted by Gasteiger charge is -2.33. The first-order valence-corrected chi connectivity index (χ1v) is 10.5. The lowest BCUT2D eigenvalue weighted by molar-refractivity contribution is 0.0692. The number of methoxy groups -OCH3 is 1. The van der Waals surface area contributed by atoms with Gasteiger partial charge < -0.3 is 19.5 Å². The van der Waals surface area contributed by atoms with Crippen LogP contribution in [0.1, 0.15) is 48.3 Å². The number of rotatable bonds is 7. The molecule has 3 aromatic rings. The van der Waals surface area contributed by atoms with Crippen molar-refractivity contribution in [2.75, 3.05) is 13.7 Å². The molecule has 1 unspecified atom stereocenters. The van der Waals surface area contributed by atoms with E-state index in [9.17, 15) is 28.6 Å². The molecule has 33 heavy (non-hydrogen) atoms. The molecule has 0 saturated carbocycles. The van der Waals surface area contributed by atoms with Gasteiger partial charge in [-0.25, -0.2) is 13.6 Å². The van der Waals surface area contributed by atoms with Crippen molar-refractivity contribution >= 4 is 16.9 Å². The van der Waals surface area contributed by atoms with Crippen LogP contribution < -0.4 is 10.2 Å². The van der Waals surface area contributed by atoms with Crippen LogP contribution in [-0.2, 0) is 12.8 Å². The maximum atomic E-state index is 14.1. The fourth-order valence-corrected chi connectivity index (χ4v) is 3.99. The molecular weight excluding hydrogens is 432 g/mol. The molecular formula is C25H27F2NO5. The Morgan fingerprint density at radius 2 is 1.79 bits per heavy atom. The number of benzene rings is 2. The molecule has 0 amide bonds. The Kier molecular flexibility index (Phi) is 6.88. The highest BCUT2D eigenvalue weighted by atomic mass is 19.1. The molecule has 0 saturated heterocycles. The maximum Gasteiger partial charge on any atom is 0.341 e. The van der Waals surface area contributed by atoms with Gasteiger partial charge >= 0.3 is 5.97 Å². The molecule has 0 bridgehead atoms. The van der Waals surface area contributed by atoms with Crippen LogP contribution in [0.5, 0.6) is 5.75 Å². The quantitative estimate of drug-likeness (QED) is 0.548. The first-order valence-electron chi connectivity index (χ1n) is 10.5. The molecule has 176 valence electrons. The van der Waals surface area contributed by atoms with Crippen LogP contribution in [-0.4, -0.2) is 34.5 Å². The molecule has 0 aliphatic heterocycles. The number of carboxylic acid groups (broad SMARTS) is 1. The number of aryl methyl sites for hydroxylation is 2. The zero-order chi connectivity index (χ0) is 24.5. The van der Waals surface area contributed by atoms with E-state index in [0.29, 0.717) is 22.4 Å². The van der Waals surface area contributed by atoms with Gasteiger partial charge in [-0.3, -0.25) is 4.79 Å². The number of pyridine rings is 1. The molecule has 1 heterocycles. The zero-order valence-corrected chi connectivity index (χ0v) is 19.0. The van der Waals surface area contributed by atoms with E-state index >= 15 is 0 Å². The molecule has 0 aliphatic carbocycles. The first kappa shape index (κ1) is 24.4. The minimum absolute atomic E-state index is 0.160. The van der Waals surface area contributed by atoms with Crippen molar-refractivity contribution in [1.82, 2.24) is 4.57 Å². The normalized spacial score (nSPS) is 12.7. The standard InChI is InChI=1S/C25H27F2NO5/c1-25(2,3)22(13-29)28-12-18(24(31)32)23(30)17-9-15(21(33-4)11-20(17)28)6-5-14-7-8-16(26)10-19(14)27/h7-12,22,29H,5-6,13H2,1-4H3,(H,31,32). The molecule has 8 heteroatoms. The van der Waals surface area contributed by atoms with Crippen LogP contribution in [0.25, 0.3) is 10.9 Å². The van der Waals surface area contributed by atoms with Gasteiger partial charge in [0.15, 0.2) is 0 Å². The summed E-state index contributed by atoms with van der Waals surface area (Å²) < 4.78 is 34.4. The van der Waals surface area contributed by atoms with E-state index in [1.807, 2.05) is 20.8 Å². The highest BCUT2D eigenvalue weighted by Gasteiger charge is 2.28. The first-order chi connectivity index (χ1) is 15.5.